The summed E-state index contributed by atoms with van der Waals surface area (Å²) < 4.78 is 78.1. The summed E-state index contributed by atoms with van der Waals surface area (Å²) in [5.74, 6) is 0.958. The van der Waals surface area contributed by atoms with E-state index < -0.39 is 16.0 Å². The molecule has 0 bridgehead atoms. The highest BCUT2D eigenvalue weighted by atomic mass is 32.2. The number of hydrogen-bond donors (Lipinski definition) is 3. The number of sulfonamides is 1. The number of nitrogens with one attached hydrogen (secondary N) is 2. The van der Waals surface area contributed by atoms with Crippen molar-refractivity contribution in [3.63, 3.8) is 0 Å². The van der Waals surface area contributed by atoms with Crippen molar-refractivity contribution in [3.8, 4) is 34.5 Å². The molecule has 0 aliphatic rings. The van der Waals surface area contributed by atoms with Crippen molar-refractivity contribution in [2.45, 2.75) is 37.5 Å². The molecular formula is C42H59N5O14S. The first-order valence-electron chi connectivity index (χ1n) is 20.2. The molecule has 1 aromatic heterocycles. The van der Waals surface area contributed by atoms with Crippen LogP contribution in [0.1, 0.15) is 32.6 Å². The number of rotatable bonds is 30. The third kappa shape index (κ3) is 15.1. The second kappa shape index (κ2) is 24.8. The number of carboxylic acids is 1. The molecular weight excluding hydrogens is 831 g/mol. The maximum absolute atomic E-state index is 13.8. The predicted molar refractivity (Wildman–Crippen MR) is 231 cm³/mol. The van der Waals surface area contributed by atoms with Crippen molar-refractivity contribution in [2.75, 3.05) is 98.5 Å². The van der Waals surface area contributed by atoms with Gasteiger partial charge in [-0.05, 0) is 51.1 Å². The highest BCUT2D eigenvalue weighted by Gasteiger charge is 2.22. The number of carbonyl (C=O) groups is 2. The molecule has 20 heteroatoms. The molecule has 62 heavy (non-hydrogen) atoms. The third-order valence-electron chi connectivity index (χ3n) is 9.23. The summed E-state index contributed by atoms with van der Waals surface area (Å²) in [5.41, 5.74) is 0.774. The van der Waals surface area contributed by atoms with Gasteiger partial charge in [0, 0.05) is 51.0 Å². The van der Waals surface area contributed by atoms with E-state index in [1.807, 2.05) is 18.9 Å². The molecule has 0 fully saturated rings. The van der Waals surface area contributed by atoms with E-state index in [0.29, 0.717) is 99.8 Å². The van der Waals surface area contributed by atoms with Crippen LogP contribution >= 0.6 is 0 Å². The second-order valence-electron chi connectivity index (χ2n) is 14.1. The quantitative estimate of drug-likeness (QED) is 0.0631. The van der Waals surface area contributed by atoms with E-state index in [1.54, 1.807) is 44.4 Å². The van der Waals surface area contributed by atoms with Gasteiger partial charge in [0.1, 0.15) is 17.2 Å². The average Bonchev–Trinajstić information content (AvgIpc) is 3.44. The van der Waals surface area contributed by atoms with Gasteiger partial charge >= 0.3 is 11.7 Å². The molecule has 0 atom stereocenters. The first-order valence-corrected chi connectivity index (χ1v) is 21.7. The fourth-order valence-electron chi connectivity index (χ4n) is 6.01. The number of methoxy groups -OCH3 is 2. The van der Waals surface area contributed by atoms with Gasteiger partial charge in [0.05, 0.1) is 102 Å². The Hall–Kier alpha value is -5.54. The number of nitrogens with zero attached hydrogens (tertiary/aromatic N) is 3. The van der Waals surface area contributed by atoms with Gasteiger partial charge in [0.25, 0.3) is 10.0 Å². The number of ether oxygens (including phenoxy) is 8. The van der Waals surface area contributed by atoms with Gasteiger partial charge in [-0.15, -0.1) is 0 Å². The number of hydrogen-bond acceptors (Lipinski definition) is 14. The number of imidazole rings is 1. The maximum atomic E-state index is 13.8. The largest absolute Gasteiger partial charge is 0.493 e. The fourth-order valence-corrected chi connectivity index (χ4v) is 7.09. The molecule has 0 aliphatic carbocycles. The number of benzene rings is 3. The molecule has 0 aliphatic heterocycles. The summed E-state index contributed by atoms with van der Waals surface area (Å²) in [7, 11) is 3.75. The van der Waals surface area contributed by atoms with Gasteiger partial charge in [-0.25, -0.2) is 13.2 Å². The first kappa shape index (κ1) is 49.1. The Morgan fingerprint density at radius 2 is 1.35 bits per heavy atom. The average molecular weight is 890 g/mol. The summed E-state index contributed by atoms with van der Waals surface area (Å²) in [6.45, 7) is 5.89. The molecule has 19 nitrogen and oxygen atoms in total. The van der Waals surface area contributed by atoms with Crippen LogP contribution in [-0.4, -0.2) is 133 Å². The van der Waals surface area contributed by atoms with Crippen LogP contribution in [0.3, 0.4) is 0 Å². The topological polar surface area (TPSA) is 217 Å². The smallest absolute Gasteiger partial charge is 0.328 e. The highest BCUT2D eigenvalue weighted by molar-refractivity contribution is 7.92. The zero-order valence-corrected chi connectivity index (χ0v) is 37.0. The van der Waals surface area contributed by atoms with Gasteiger partial charge in [0.2, 0.25) is 5.91 Å². The summed E-state index contributed by atoms with van der Waals surface area (Å²) >= 11 is 0. The molecule has 4 aromatic rings. The number of aromatic nitrogens is 2. The van der Waals surface area contributed by atoms with Crippen LogP contribution in [0.5, 0.6) is 34.5 Å². The van der Waals surface area contributed by atoms with E-state index in [-0.39, 0.29) is 53.3 Å². The maximum Gasteiger partial charge on any atom is 0.328 e. The zero-order chi connectivity index (χ0) is 45.1. The van der Waals surface area contributed by atoms with Crippen LogP contribution in [0.15, 0.2) is 58.2 Å². The Balaban J connectivity index is 1.32. The van der Waals surface area contributed by atoms with E-state index in [1.165, 1.54) is 41.6 Å². The monoisotopic (exact) mass is 889 g/mol. The van der Waals surface area contributed by atoms with Gasteiger partial charge in [-0.1, -0.05) is 6.92 Å². The minimum atomic E-state index is -4.20. The summed E-state index contributed by atoms with van der Waals surface area (Å²) in [6.07, 6.45) is 2.16. The van der Waals surface area contributed by atoms with Gasteiger partial charge < -0.3 is 48.3 Å². The Labute approximate surface area is 361 Å². The van der Waals surface area contributed by atoms with Crippen molar-refractivity contribution in [3.05, 3.63) is 59.0 Å². The Bertz CT molecular complexity index is 2240. The second-order valence-corrected chi connectivity index (χ2v) is 15.8. The van der Waals surface area contributed by atoms with Crippen molar-refractivity contribution in [2.24, 2.45) is 14.1 Å². The number of unbranched alkanes of at least 4 members (excludes halogenated alkanes) is 1. The number of carbonyl (C=O) groups excluding carboxylic acids is 1. The molecule has 1 amide bonds. The Morgan fingerprint density at radius 3 is 2.00 bits per heavy atom. The molecule has 342 valence electrons. The number of carboxylic acid groups (broad SMARTS) is 1. The van der Waals surface area contributed by atoms with E-state index >= 15 is 0 Å². The molecule has 0 radical (unpaired) electrons. The normalized spacial score (nSPS) is 11.5. The zero-order valence-electron chi connectivity index (χ0n) is 36.2. The molecule has 0 spiro atoms. The van der Waals surface area contributed by atoms with E-state index in [2.05, 4.69) is 10.0 Å². The van der Waals surface area contributed by atoms with Crippen molar-refractivity contribution in [1.82, 2.24) is 19.4 Å². The van der Waals surface area contributed by atoms with Gasteiger partial charge in [-0.2, -0.15) is 0 Å². The first-order chi connectivity index (χ1) is 29.8. The van der Waals surface area contributed by atoms with Crippen molar-refractivity contribution in [1.29, 1.82) is 0 Å². The molecule has 0 saturated heterocycles. The number of anilines is 1. The van der Waals surface area contributed by atoms with Crippen LogP contribution in [-0.2, 0) is 47.9 Å². The number of amides is 1. The molecule has 1 heterocycles. The van der Waals surface area contributed by atoms with Crippen LogP contribution < -0.4 is 39.4 Å². The fraction of sp³-hybridized carbons (Fsp3) is 0.500. The lowest BCUT2D eigenvalue weighted by molar-refractivity contribution is -0.138. The van der Waals surface area contributed by atoms with Crippen LogP contribution in [0.2, 0.25) is 0 Å². The van der Waals surface area contributed by atoms with E-state index in [4.69, 9.17) is 43.0 Å². The summed E-state index contributed by atoms with van der Waals surface area (Å²) in [5, 5.41) is 11.4. The summed E-state index contributed by atoms with van der Waals surface area (Å²) in [4.78, 5) is 37.6. The Kier molecular flexibility index (Phi) is 19.6. The lowest BCUT2D eigenvalue weighted by atomic mass is 10.2. The molecule has 4 rings (SSSR count). The highest BCUT2D eigenvalue weighted by Crippen LogP contribution is 2.38. The van der Waals surface area contributed by atoms with Gasteiger partial charge in [0.15, 0.2) is 17.2 Å². The SMILES string of the molecule is CCCOc1cc(OCCCCN(C)CC(=O)NCCOCCOCCOCCC(=O)O)cc(Oc2cc3c(cc2NS(=O)(=O)c2ccc(OC)c(OC)c2)n(C)c(=O)n3C)c1. The van der Waals surface area contributed by atoms with Crippen molar-refractivity contribution >= 4 is 38.6 Å². The van der Waals surface area contributed by atoms with Crippen molar-refractivity contribution < 1.29 is 61.0 Å². The van der Waals surface area contributed by atoms with Crippen LogP contribution in [0.4, 0.5) is 5.69 Å². The molecule has 0 saturated carbocycles. The third-order valence-corrected chi connectivity index (χ3v) is 10.6. The number of likely N-dealkylation sites (N-methyl/N-ethyl adjacent to an activating group) is 1. The molecule has 0 unspecified atom stereocenters. The number of aryl methyl sites for hydroxylation is 2. The summed E-state index contributed by atoms with van der Waals surface area (Å²) in [6, 6.07) is 12.5. The standard InChI is InChI=1S/C42H59N5O14S/c1-7-15-59-30-23-31(60-16-9-8-14-45(2)29-40(48)43-13-18-57-20-22-58-21-19-56-17-12-41(49)50)25-32(24-30)61-38-28-36-35(46(3)42(51)47(36)4)27-34(38)44-62(52,53)33-10-11-37(54-5)39(26-33)55-6/h10-11,23-28,44H,7-9,12-22,29H2,1-6H3,(H,43,48)(H,49,50). The molecule has 3 aromatic carbocycles. The van der Waals surface area contributed by atoms with E-state index in [0.717, 1.165) is 12.8 Å². The number of aliphatic carboxylic acids is 1. The van der Waals surface area contributed by atoms with Crippen LogP contribution in [0, 0.1) is 0 Å². The van der Waals surface area contributed by atoms with E-state index in [9.17, 15) is 22.8 Å². The minimum absolute atomic E-state index is 0.0436. The van der Waals surface area contributed by atoms with Crippen LogP contribution in [0.25, 0.3) is 11.0 Å². The van der Waals surface area contributed by atoms with Gasteiger partial charge in [-0.3, -0.25) is 28.3 Å². The predicted octanol–water partition coefficient (Wildman–Crippen LogP) is 4.01. The molecule has 3 N–H and O–H groups in total. The lowest BCUT2D eigenvalue weighted by Crippen LogP contribution is -2.37. The lowest BCUT2D eigenvalue weighted by Gasteiger charge is -2.17. The Morgan fingerprint density at radius 1 is 0.742 bits per heavy atom. The number of fused-ring (bicyclic) bond motifs is 1. The minimum Gasteiger partial charge on any atom is -0.493 e.